The lowest BCUT2D eigenvalue weighted by Crippen LogP contribution is -2.19. The van der Waals surface area contributed by atoms with Gasteiger partial charge in [0, 0.05) is 0 Å². The maximum atomic E-state index is 4.16. The Balaban J connectivity index is 2.44. The molecule has 0 amide bonds. The number of hydrogen-bond donors (Lipinski definition) is 0. The fourth-order valence-corrected chi connectivity index (χ4v) is 2.30. The standard InChI is InChI=1S/C10H13N3Si/c1-10(2,3)14-13-9-7-5-4-6-8(9)11-12-13/h4-7H,1-3H3. The number of benzene rings is 1. The normalized spacial score (nSPS) is 12.2. The van der Waals surface area contributed by atoms with E-state index in [0.717, 1.165) is 11.0 Å². The van der Waals surface area contributed by atoms with Crippen LogP contribution in [-0.4, -0.2) is 24.3 Å². The lowest BCUT2D eigenvalue weighted by molar-refractivity contribution is 0.721. The molecule has 0 unspecified atom stereocenters. The van der Waals surface area contributed by atoms with Crippen molar-refractivity contribution in [2.24, 2.45) is 0 Å². The third kappa shape index (κ3) is 1.85. The molecule has 0 atom stereocenters. The van der Waals surface area contributed by atoms with Crippen molar-refractivity contribution in [3.63, 3.8) is 0 Å². The van der Waals surface area contributed by atoms with Gasteiger partial charge in [0.2, 0.25) is 9.68 Å². The van der Waals surface area contributed by atoms with Gasteiger partial charge in [-0.25, -0.2) is 0 Å². The summed E-state index contributed by atoms with van der Waals surface area (Å²) < 4.78 is 2.00. The zero-order valence-electron chi connectivity index (χ0n) is 8.65. The predicted octanol–water partition coefficient (Wildman–Crippen LogP) is 2.12. The monoisotopic (exact) mass is 203 g/mol. The van der Waals surface area contributed by atoms with Crippen molar-refractivity contribution in [2.75, 3.05) is 0 Å². The van der Waals surface area contributed by atoms with Gasteiger partial charge in [-0.1, -0.05) is 38.1 Å². The molecule has 72 valence electrons. The molecule has 0 aliphatic carbocycles. The number of fused-ring (bicyclic) bond motifs is 1. The van der Waals surface area contributed by atoms with Gasteiger partial charge in [0.05, 0.1) is 5.52 Å². The number of rotatable bonds is 1. The molecule has 1 aromatic carbocycles. The molecule has 0 spiro atoms. The first kappa shape index (κ1) is 9.39. The van der Waals surface area contributed by atoms with Gasteiger partial charge in [-0.3, -0.25) is 4.35 Å². The predicted molar refractivity (Wildman–Crippen MR) is 58.4 cm³/mol. The zero-order valence-corrected chi connectivity index (χ0v) is 9.65. The summed E-state index contributed by atoms with van der Waals surface area (Å²) in [7, 11) is 0.635. The van der Waals surface area contributed by atoms with Crippen molar-refractivity contribution in [1.82, 2.24) is 14.7 Å². The van der Waals surface area contributed by atoms with Crippen LogP contribution in [0.25, 0.3) is 11.0 Å². The van der Waals surface area contributed by atoms with E-state index in [9.17, 15) is 0 Å². The highest BCUT2D eigenvalue weighted by Crippen LogP contribution is 2.21. The molecular weight excluding hydrogens is 190 g/mol. The molecule has 0 bridgehead atoms. The number of nitrogens with zero attached hydrogens (tertiary/aromatic N) is 3. The van der Waals surface area contributed by atoms with Crippen molar-refractivity contribution < 1.29 is 0 Å². The molecule has 14 heavy (non-hydrogen) atoms. The van der Waals surface area contributed by atoms with Crippen LogP contribution in [0.3, 0.4) is 0 Å². The molecule has 0 N–H and O–H groups in total. The Morgan fingerprint density at radius 3 is 2.64 bits per heavy atom. The third-order valence-corrected chi connectivity index (χ3v) is 3.01. The van der Waals surface area contributed by atoms with Crippen LogP contribution in [0.4, 0.5) is 0 Å². The molecule has 3 nitrogen and oxygen atoms in total. The molecule has 0 aliphatic heterocycles. The molecule has 0 fully saturated rings. The Kier molecular flexibility index (Phi) is 2.15. The molecular formula is C10H13N3Si. The van der Waals surface area contributed by atoms with Crippen LogP contribution in [0.5, 0.6) is 0 Å². The van der Waals surface area contributed by atoms with Gasteiger partial charge in [-0.15, -0.1) is 5.10 Å². The average Bonchev–Trinajstić information content (AvgIpc) is 2.47. The third-order valence-electron chi connectivity index (χ3n) is 1.79. The van der Waals surface area contributed by atoms with Crippen LogP contribution in [0, 0.1) is 0 Å². The van der Waals surface area contributed by atoms with E-state index in [4.69, 9.17) is 0 Å². The van der Waals surface area contributed by atoms with E-state index in [1.54, 1.807) is 0 Å². The fraction of sp³-hybridized carbons (Fsp3) is 0.400. The number of aromatic nitrogens is 3. The van der Waals surface area contributed by atoms with Gasteiger partial charge in [-0.05, 0) is 17.2 Å². The summed E-state index contributed by atoms with van der Waals surface area (Å²) in [6.07, 6.45) is 0. The van der Waals surface area contributed by atoms with Gasteiger partial charge in [0.1, 0.15) is 5.52 Å². The minimum Gasteiger partial charge on any atom is -0.275 e. The lowest BCUT2D eigenvalue weighted by Gasteiger charge is -2.15. The van der Waals surface area contributed by atoms with Crippen LogP contribution in [0.2, 0.25) is 5.04 Å². The first-order chi connectivity index (χ1) is 6.56. The SMILES string of the molecule is CC(C)(C)[Si]n1nnc2ccccc21. The van der Waals surface area contributed by atoms with E-state index in [-0.39, 0.29) is 5.04 Å². The van der Waals surface area contributed by atoms with E-state index < -0.39 is 0 Å². The Morgan fingerprint density at radius 2 is 1.93 bits per heavy atom. The summed E-state index contributed by atoms with van der Waals surface area (Å²) in [5.74, 6) is 0. The molecule has 4 heteroatoms. The second-order valence-electron chi connectivity index (χ2n) is 4.35. The van der Waals surface area contributed by atoms with Crippen molar-refractivity contribution in [3.8, 4) is 0 Å². The molecule has 0 saturated carbocycles. The summed E-state index contributed by atoms with van der Waals surface area (Å²) in [6.45, 7) is 6.63. The van der Waals surface area contributed by atoms with Gasteiger partial charge >= 0.3 is 0 Å². The molecule has 2 radical (unpaired) electrons. The second kappa shape index (κ2) is 3.20. The summed E-state index contributed by atoms with van der Waals surface area (Å²) in [6, 6.07) is 8.07. The lowest BCUT2D eigenvalue weighted by atomic mass is 10.3. The highest BCUT2D eigenvalue weighted by Gasteiger charge is 2.16. The van der Waals surface area contributed by atoms with Gasteiger partial charge in [0.15, 0.2) is 0 Å². The topological polar surface area (TPSA) is 30.7 Å². The minimum absolute atomic E-state index is 0.260. The van der Waals surface area contributed by atoms with Crippen LogP contribution in [0.15, 0.2) is 24.3 Å². The van der Waals surface area contributed by atoms with E-state index in [1.807, 2.05) is 22.5 Å². The summed E-state index contributed by atoms with van der Waals surface area (Å²) in [4.78, 5) is 0. The Labute approximate surface area is 86.0 Å². The zero-order chi connectivity index (χ0) is 10.2. The van der Waals surface area contributed by atoms with E-state index in [2.05, 4.69) is 37.1 Å². The smallest absolute Gasteiger partial charge is 0.223 e. The van der Waals surface area contributed by atoms with Crippen molar-refractivity contribution in [1.29, 1.82) is 0 Å². The van der Waals surface area contributed by atoms with Crippen LogP contribution >= 0.6 is 0 Å². The first-order valence-corrected chi connectivity index (χ1v) is 5.60. The van der Waals surface area contributed by atoms with E-state index >= 15 is 0 Å². The van der Waals surface area contributed by atoms with Crippen molar-refractivity contribution in [2.45, 2.75) is 25.8 Å². The van der Waals surface area contributed by atoms with E-state index in [1.165, 1.54) is 0 Å². The maximum absolute atomic E-state index is 4.16. The van der Waals surface area contributed by atoms with Crippen LogP contribution in [-0.2, 0) is 0 Å². The van der Waals surface area contributed by atoms with Crippen LogP contribution in [0.1, 0.15) is 20.8 Å². The van der Waals surface area contributed by atoms with Gasteiger partial charge in [-0.2, -0.15) is 0 Å². The van der Waals surface area contributed by atoms with Crippen molar-refractivity contribution >= 4 is 20.7 Å². The summed E-state index contributed by atoms with van der Waals surface area (Å²) in [5, 5.41) is 8.54. The quantitative estimate of drug-likeness (QED) is 0.665. The number of para-hydroxylation sites is 1. The minimum atomic E-state index is 0.260. The number of hydrogen-bond acceptors (Lipinski definition) is 2. The molecule has 2 rings (SSSR count). The molecule has 1 heterocycles. The van der Waals surface area contributed by atoms with Gasteiger partial charge < -0.3 is 0 Å². The highest BCUT2D eigenvalue weighted by atomic mass is 28.2. The molecule has 0 aliphatic rings. The molecule has 1 aromatic heterocycles. The van der Waals surface area contributed by atoms with Crippen LogP contribution < -0.4 is 0 Å². The second-order valence-corrected chi connectivity index (χ2v) is 6.50. The highest BCUT2D eigenvalue weighted by molar-refractivity contribution is 6.38. The van der Waals surface area contributed by atoms with E-state index in [0.29, 0.717) is 9.68 Å². The van der Waals surface area contributed by atoms with Gasteiger partial charge in [0.25, 0.3) is 0 Å². The fourth-order valence-electron chi connectivity index (χ4n) is 1.27. The molecule has 0 saturated heterocycles. The summed E-state index contributed by atoms with van der Waals surface area (Å²) >= 11 is 0. The molecule has 2 aromatic rings. The Bertz CT molecular complexity index is 442. The van der Waals surface area contributed by atoms with Crippen molar-refractivity contribution in [3.05, 3.63) is 24.3 Å². The first-order valence-electron chi connectivity index (χ1n) is 4.65. The Morgan fingerprint density at radius 1 is 1.21 bits per heavy atom. The maximum Gasteiger partial charge on any atom is 0.223 e. The summed E-state index contributed by atoms with van der Waals surface area (Å²) in [5.41, 5.74) is 2.10. The average molecular weight is 203 g/mol. The largest absolute Gasteiger partial charge is 0.275 e. The Hall–Kier alpha value is -1.16.